The van der Waals surface area contributed by atoms with Gasteiger partial charge < -0.3 is 4.90 Å². The molecule has 2 aromatic rings. The Morgan fingerprint density at radius 2 is 1.96 bits per heavy atom. The van der Waals surface area contributed by atoms with Crippen molar-refractivity contribution in [1.82, 2.24) is 15.1 Å². The fourth-order valence-electron chi connectivity index (χ4n) is 3.54. The number of hydrogen-bond donors (Lipinski definition) is 1. The highest BCUT2D eigenvalue weighted by atomic mass is 19.1. The van der Waals surface area contributed by atoms with Gasteiger partial charge in [-0.2, -0.15) is 5.10 Å². The van der Waals surface area contributed by atoms with Crippen molar-refractivity contribution < 1.29 is 9.18 Å². The van der Waals surface area contributed by atoms with Crippen molar-refractivity contribution in [3.63, 3.8) is 0 Å². The van der Waals surface area contributed by atoms with Gasteiger partial charge in [0.15, 0.2) is 0 Å². The van der Waals surface area contributed by atoms with Crippen molar-refractivity contribution in [2.24, 2.45) is 5.92 Å². The van der Waals surface area contributed by atoms with Crippen LogP contribution >= 0.6 is 0 Å². The van der Waals surface area contributed by atoms with Crippen LogP contribution in [-0.4, -0.2) is 34.6 Å². The van der Waals surface area contributed by atoms with E-state index in [0.29, 0.717) is 5.91 Å². The van der Waals surface area contributed by atoms with Crippen molar-refractivity contribution in [2.75, 3.05) is 13.6 Å². The molecule has 0 bridgehead atoms. The molecule has 0 radical (unpaired) electrons. The van der Waals surface area contributed by atoms with Gasteiger partial charge in [-0.25, -0.2) is 4.39 Å². The first-order valence-corrected chi connectivity index (χ1v) is 9.18. The van der Waals surface area contributed by atoms with Gasteiger partial charge in [0, 0.05) is 30.8 Å². The fraction of sp³-hybridized carbons (Fsp3) is 0.500. The zero-order valence-corrected chi connectivity index (χ0v) is 14.8. The number of amides is 1. The Morgan fingerprint density at radius 1 is 1.24 bits per heavy atom. The summed E-state index contributed by atoms with van der Waals surface area (Å²) in [6.45, 7) is 0.764. The van der Waals surface area contributed by atoms with Crippen LogP contribution in [0.2, 0.25) is 0 Å². The van der Waals surface area contributed by atoms with E-state index >= 15 is 0 Å². The third kappa shape index (κ3) is 4.68. The summed E-state index contributed by atoms with van der Waals surface area (Å²) < 4.78 is 13.0. The Hall–Kier alpha value is -2.17. The number of nitrogens with zero attached hydrogens (tertiary/aromatic N) is 2. The standard InChI is InChI=1S/C20H26FN3O/c1-24(20(25)16-6-3-2-4-7-16)13-5-8-18-14-19(23-22-18)15-9-11-17(21)12-10-15/h9-12,14,16H,2-8,13H2,1H3,(H,22,23). The molecule has 1 aliphatic carbocycles. The van der Waals surface area contributed by atoms with Gasteiger partial charge in [0.25, 0.3) is 0 Å². The topological polar surface area (TPSA) is 49.0 Å². The predicted octanol–water partition coefficient (Wildman–Crippen LogP) is 4.19. The molecule has 1 heterocycles. The van der Waals surface area contributed by atoms with Crippen molar-refractivity contribution in [3.05, 3.63) is 41.8 Å². The Bertz CT molecular complexity index is 689. The van der Waals surface area contributed by atoms with Crippen LogP contribution in [0, 0.1) is 11.7 Å². The summed E-state index contributed by atoms with van der Waals surface area (Å²) in [6, 6.07) is 8.33. The molecule has 1 amide bonds. The first kappa shape index (κ1) is 17.6. The van der Waals surface area contributed by atoms with Gasteiger partial charge in [0.05, 0.1) is 5.69 Å². The Morgan fingerprint density at radius 3 is 2.68 bits per heavy atom. The summed E-state index contributed by atoms with van der Waals surface area (Å²) in [7, 11) is 1.91. The number of aryl methyl sites for hydroxylation is 1. The van der Waals surface area contributed by atoms with E-state index in [2.05, 4.69) is 10.2 Å². The monoisotopic (exact) mass is 343 g/mol. The number of nitrogens with one attached hydrogen (secondary N) is 1. The second-order valence-electron chi connectivity index (χ2n) is 6.98. The molecule has 1 aliphatic rings. The van der Waals surface area contributed by atoms with E-state index in [1.165, 1.54) is 31.4 Å². The SMILES string of the molecule is CN(CCCc1cc(-c2ccc(F)cc2)n[nH]1)C(=O)C1CCCCC1. The summed E-state index contributed by atoms with van der Waals surface area (Å²) in [5.74, 6) is 0.289. The number of halogens is 1. The van der Waals surface area contributed by atoms with Crippen molar-refractivity contribution in [3.8, 4) is 11.3 Å². The Kier molecular flexibility index (Phi) is 5.84. The number of aromatic nitrogens is 2. The second kappa shape index (κ2) is 8.28. The number of H-pyrrole nitrogens is 1. The zero-order valence-electron chi connectivity index (χ0n) is 14.8. The number of carbonyl (C=O) groups is 1. The average Bonchev–Trinajstić information content (AvgIpc) is 3.11. The van der Waals surface area contributed by atoms with Crippen LogP contribution < -0.4 is 0 Å². The summed E-state index contributed by atoms with van der Waals surface area (Å²) in [6.07, 6.45) is 7.48. The lowest BCUT2D eigenvalue weighted by molar-refractivity contribution is -0.135. The molecule has 1 N–H and O–H groups in total. The maximum Gasteiger partial charge on any atom is 0.225 e. The van der Waals surface area contributed by atoms with Crippen molar-refractivity contribution in [2.45, 2.75) is 44.9 Å². The van der Waals surface area contributed by atoms with Crippen LogP contribution in [-0.2, 0) is 11.2 Å². The maximum absolute atomic E-state index is 13.0. The molecule has 5 heteroatoms. The highest BCUT2D eigenvalue weighted by molar-refractivity contribution is 5.78. The summed E-state index contributed by atoms with van der Waals surface area (Å²) in [5.41, 5.74) is 2.76. The quantitative estimate of drug-likeness (QED) is 0.855. The summed E-state index contributed by atoms with van der Waals surface area (Å²) >= 11 is 0. The second-order valence-corrected chi connectivity index (χ2v) is 6.98. The third-order valence-corrected chi connectivity index (χ3v) is 5.04. The van der Waals surface area contributed by atoms with Crippen LogP contribution in [0.5, 0.6) is 0 Å². The first-order chi connectivity index (χ1) is 12.1. The van der Waals surface area contributed by atoms with Gasteiger partial charge in [-0.3, -0.25) is 9.89 Å². The normalized spacial score (nSPS) is 15.3. The molecule has 0 aliphatic heterocycles. The van der Waals surface area contributed by atoms with Gasteiger partial charge >= 0.3 is 0 Å². The molecule has 134 valence electrons. The Labute approximate surface area is 148 Å². The van der Waals surface area contributed by atoms with E-state index in [0.717, 1.165) is 49.2 Å². The molecule has 0 unspecified atom stereocenters. The van der Waals surface area contributed by atoms with Gasteiger partial charge in [-0.1, -0.05) is 19.3 Å². The van der Waals surface area contributed by atoms with Crippen LogP contribution in [0.3, 0.4) is 0 Å². The molecular weight excluding hydrogens is 317 g/mol. The van der Waals surface area contributed by atoms with Gasteiger partial charge in [-0.05, 0) is 56.0 Å². The number of hydrogen-bond acceptors (Lipinski definition) is 2. The van der Waals surface area contributed by atoms with Crippen LogP contribution in [0.25, 0.3) is 11.3 Å². The van der Waals surface area contributed by atoms with Gasteiger partial charge in [0.2, 0.25) is 5.91 Å². The Balaban J connectivity index is 1.47. The lowest BCUT2D eigenvalue weighted by Crippen LogP contribution is -2.34. The van der Waals surface area contributed by atoms with Gasteiger partial charge in [-0.15, -0.1) is 0 Å². The zero-order chi connectivity index (χ0) is 17.6. The molecule has 1 saturated carbocycles. The molecule has 1 aromatic carbocycles. The largest absolute Gasteiger partial charge is 0.346 e. The minimum absolute atomic E-state index is 0.232. The van der Waals surface area contributed by atoms with Crippen LogP contribution in [0.15, 0.2) is 30.3 Å². The highest BCUT2D eigenvalue weighted by Gasteiger charge is 2.23. The minimum atomic E-state index is -0.245. The van der Waals surface area contributed by atoms with E-state index in [1.807, 2.05) is 18.0 Å². The van der Waals surface area contributed by atoms with Crippen molar-refractivity contribution in [1.29, 1.82) is 0 Å². The van der Waals surface area contributed by atoms with E-state index in [-0.39, 0.29) is 11.7 Å². The number of benzene rings is 1. The molecule has 0 atom stereocenters. The predicted molar refractivity (Wildman–Crippen MR) is 96.5 cm³/mol. The van der Waals surface area contributed by atoms with E-state index < -0.39 is 0 Å². The number of aromatic amines is 1. The maximum atomic E-state index is 13.0. The third-order valence-electron chi connectivity index (χ3n) is 5.04. The van der Waals surface area contributed by atoms with E-state index in [4.69, 9.17) is 0 Å². The lowest BCUT2D eigenvalue weighted by Gasteiger charge is -2.26. The van der Waals surface area contributed by atoms with E-state index in [9.17, 15) is 9.18 Å². The summed E-state index contributed by atoms with van der Waals surface area (Å²) in [4.78, 5) is 14.3. The molecule has 4 nitrogen and oxygen atoms in total. The number of carbonyl (C=O) groups excluding carboxylic acids is 1. The van der Waals surface area contributed by atoms with Crippen LogP contribution in [0.4, 0.5) is 4.39 Å². The highest BCUT2D eigenvalue weighted by Crippen LogP contribution is 2.25. The molecule has 1 fully saturated rings. The average molecular weight is 343 g/mol. The molecule has 3 rings (SSSR count). The summed E-state index contributed by atoms with van der Waals surface area (Å²) in [5, 5.41) is 7.33. The van der Waals surface area contributed by atoms with E-state index in [1.54, 1.807) is 12.1 Å². The smallest absolute Gasteiger partial charge is 0.225 e. The first-order valence-electron chi connectivity index (χ1n) is 9.18. The molecule has 1 aromatic heterocycles. The molecule has 0 spiro atoms. The van der Waals surface area contributed by atoms with Crippen LogP contribution in [0.1, 0.15) is 44.2 Å². The van der Waals surface area contributed by atoms with Gasteiger partial charge in [0.1, 0.15) is 5.82 Å². The van der Waals surface area contributed by atoms with Crippen molar-refractivity contribution >= 4 is 5.91 Å². The molecular formula is C20H26FN3O. The minimum Gasteiger partial charge on any atom is -0.346 e. The fourth-order valence-corrected chi connectivity index (χ4v) is 3.54. The molecule has 25 heavy (non-hydrogen) atoms. The molecule has 0 saturated heterocycles. The number of rotatable bonds is 6. The lowest BCUT2D eigenvalue weighted by atomic mass is 9.88.